The van der Waals surface area contributed by atoms with Crippen LogP contribution in [-0.4, -0.2) is 29.8 Å². The Morgan fingerprint density at radius 3 is 2.94 bits per heavy atom. The zero-order chi connectivity index (χ0) is 12.0. The number of ether oxygens (including phenoxy) is 1. The average molecular weight is 229 g/mol. The number of esters is 1. The van der Waals surface area contributed by atoms with Crippen molar-refractivity contribution in [3.8, 4) is 0 Å². The van der Waals surface area contributed by atoms with Gasteiger partial charge in [0.25, 0.3) is 0 Å². The summed E-state index contributed by atoms with van der Waals surface area (Å²) in [7, 11) is 0. The second-order valence-corrected chi connectivity index (χ2v) is 4.59. The summed E-state index contributed by atoms with van der Waals surface area (Å²) >= 11 is 0. The molecule has 1 aliphatic rings. The fourth-order valence-electron chi connectivity index (χ4n) is 2.24. The maximum Gasteiger partial charge on any atom is 0.335 e. The molecule has 0 radical (unpaired) electrons. The Balaban J connectivity index is 2.32. The SMILES string of the molecule is CCC1CCCC(OC(=O)C(O)CCN)C1. The van der Waals surface area contributed by atoms with Gasteiger partial charge in [-0.1, -0.05) is 19.8 Å². The molecule has 0 aromatic rings. The molecule has 0 aliphatic heterocycles. The van der Waals surface area contributed by atoms with Crippen LogP contribution in [0.5, 0.6) is 0 Å². The van der Waals surface area contributed by atoms with E-state index in [2.05, 4.69) is 6.92 Å². The topological polar surface area (TPSA) is 72.5 Å². The number of hydrogen-bond donors (Lipinski definition) is 2. The van der Waals surface area contributed by atoms with Crippen molar-refractivity contribution in [2.24, 2.45) is 11.7 Å². The second-order valence-electron chi connectivity index (χ2n) is 4.59. The summed E-state index contributed by atoms with van der Waals surface area (Å²) in [5, 5.41) is 9.42. The van der Waals surface area contributed by atoms with Gasteiger partial charge >= 0.3 is 5.97 Å². The monoisotopic (exact) mass is 229 g/mol. The third-order valence-electron chi connectivity index (χ3n) is 3.31. The lowest BCUT2D eigenvalue weighted by Crippen LogP contribution is -2.32. The van der Waals surface area contributed by atoms with E-state index in [0.29, 0.717) is 12.5 Å². The summed E-state index contributed by atoms with van der Waals surface area (Å²) in [5.74, 6) is 0.158. The average Bonchev–Trinajstić information content (AvgIpc) is 2.29. The molecule has 0 aromatic carbocycles. The molecule has 3 N–H and O–H groups in total. The van der Waals surface area contributed by atoms with Crippen LogP contribution in [0.15, 0.2) is 0 Å². The Morgan fingerprint density at radius 1 is 1.56 bits per heavy atom. The number of carbonyl (C=O) groups excluding carboxylic acids is 1. The first kappa shape index (κ1) is 13.5. The van der Waals surface area contributed by atoms with E-state index >= 15 is 0 Å². The van der Waals surface area contributed by atoms with Gasteiger partial charge in [0, 0.05) is 0 Å². The number of carbonyl (C=O) groups is 1. The molecule has 1 rings (SSSR count). The van der Waals surface area contributed by atoms with Gasteiger partial charge in [-0.15, -0.1) is 0 Å². The van der Waals surface area contributed by atoms with Crippen LogP contribution < -0.4 is 5.73 Å². The highest BCUT2D eigenvalue weighted by molar-refractivity contribution is 5.74. The molecule has 3 unspecified atom stereocenters. The van der Waals surface area contributed by atoms with Gasteiger partial charge in [0.2, 0.25) is 0 Å². The van der Waals surface area contributed by atoms with Gasteiger partial charge in [0.05, 0.1) is 0 Å². The van der Waals surface area contributed by atoms with E-state index in [9.17, 15) is 9.90 Å². The number of hydrogen-bond acceptors (Lipinski definition) is 4. The van der Waals surface area contributed by atoms with Crippen LogP contribution in [-0.2, 0) is 9.53 Å². The van der Waals surface area contributed by atoms with Crippen molar-refractivity contribution in [2.75, 3.05) is 6.54 Å². The molecule has 0 amide bonds. The van der Waals surface area contributed by atoms with E-state index in [1.165, 1.54) is 6.42 Å². The van der Waals surface area contributed by atoms with E-state index in [0.717, 1.165) is 25.7 Å². The van der Waals surface area contributed by atoms with Gasteiger partial charge < -0.3 is 15.6 Å². The Labute approximate surface area is 97.2 Å². The first-order chi connectivity index (χ1) is 7.67. The molecule has 1 fully saturated rings. The normalized spacial score (nSPS) is 27.4. The fraction of sp³-hybridized carbons (Fsp3) is 0.917. The maximum atomic E-state index is 11.5. The molecule has 0 aromatic heterocycles. The summed E-state index contributed by atoms with van der Waals surface area (Å²) in [4.78, 5) is 11.5. The number of aliphatic hydroxyl groups excluding tert-OH is 1. The highest BCUT2D eigenvalue weighted by Crippen LogP contribution is 2.28. The summed E-state index contributed by atoms with van der Waals surface area (Å²) in [6.07, 6.45) is 4.59. The van der Waals surface area contributed by atoms with Crippen molar-refractivity contribution in [2.45, 2.75) is 57.7 Å². The zero-order valence-corrected chi connectivity index (χ0v) is 10.0. The standard InChI is InChI=1S/C12H23NO3/c1-2-9-4-3-5-10(8-9)16-12(15)11(14)6-7-13/h9-11,14H,2-8,13H2,1H3. The lowest BCUT2D eigenvalue weighted by molar-refractivity contribution is -0.161. The summed E-state index contributed by atoms with van der Waals surface area (Å²) in [6.45, 7) is 2.47. The third kappa shape index (κ3) is 4.10. The predicted octanol–water partition coefficient (Wildman–Crippen LogP) is 1.21. The van der Waals surface area contributed by atoms with Gasteiger partial charge in [0.1, 0.15) is 6.10 Å². The van der Waals surface area contributed by atoms with E-state index in [1.807, 2.05) is 0 Å². The molecule has 4 heteroatoms. The third-order valence-corrected chi connectivity index (χ3v) is 3.31. The quantitative estimate of drug-likeness (QED) is 0.695. The Hall–Kier alpha value is -0.610. The van der Waals surface area contributed by atoms with Crippen molar-refractivity contribution in [1.82, 2.24) is 0 Å². The minimum Gasteiger partial charge on any atom is -0.460 e. The second kappa shape index (κ2) is 6.86. The summed E-state index contributed by atoms with van der Waals surface area (Å²) in [5.41, 5.74) is 5.28. The van der Waals surface area contributed by atoms with Crippen LogP contribution in [0.25, 0.3) is 0 Å². The van der Waals surface area contributed by atoms with Crippen LogP contribution >= 0.6 is 0 Å². The van der Waals surface area contributed by atoms with Gasteiger partial charge in [-0.3, -0.25) is 0 Å². The van der Waals surface area contributed by atoms with Crippen LogP contribution in [0.1, 0.15) is 45.4 Å². The van der Waals surface area contributed by atoms with Crippen LogP contribution in [0.2, 0.25) is 0 Å². The van der Waals surface area contributed by atoms with Gasteiger partial charge in [-0.2, -0.15) is 0 Å². The molecule has 0 saturated heterocycles. The smallest absolute Gasteiger partial charge is 0.335 e. The molecule has 16 heavy (non-hydrogen) atoms. The molecule has 3 atom stereocenters. The van der Waals surface area contributed by atoms with Crippen LogP contribution in [0, 0.1) is 5.92 Å². The predicted molar refractivity (Wildman–Crippen MR) is 61.8 cm³/mol. The molecule has 0 heterocycles. The van der Waals surface area contributed by atoms with Crippen LogP contribution in [0.3, 0.4) is 0 Å². The van der Waals surface area contributed by atoms with Crippen molar-refractivity contribution in [3.05, 3.63) is 0 Å². The Kier molecular flexibility index (Phi) is 5.77. The van der Waals surface area contributed by atoms with Crippen molar-refractivity contribution < 1.29 is 14.6 Å². The largest absolute Gasteiger partial charge is 0.460 e. The molecular formula is C12H23NO3. The highest BCUT2D eigenvalue weighted by Gasteiger charge is 2.26. The molecule has 0 bridgehead atoms. The summed E-state index contributed by atoms with van der Waals surface area (Å²) < 4.78 is 5.29. The van der Waals surface area contributed by atoms with Gasteiger partial charge in [-0.25, -0.2) is 4.79 Å². The van der Waals surface area contributed by atoms with E-state index in [-0.39, 0.29) is 12.5 Å². The summed E-state index contributed by atoms with van der Waals surface area (Å²) in [6, 6.07) is 0. The minimum atomic E-state index is -1.05. The molecule has 4 nitrogen and oxygen atoms in total. The Morgan fingerprint density at radius 2 is 2.31 bits per heavy atom. The first-order valence-electron chi connectivity index (χ1n) is 6.26. The first-order valence-corrected chi connectivity index (χ1v) is 6.26. The molecule has 94 valence electrons. The molecule has 1 saturated carbocycles. The van der Waals surface area contributed by atoms with Crippen molar-refractivity contribution in [1.29, 1.82) is 0 Å². The number of nitrogens with two attached hydrogens (primary N) is 1. The molecular weight excluding hydrogens is 206 g/mol. The lowest BCUT2D eigenvalue weighted by atomic mass is 9.85. The van der Waals surface area contributed by atoms with Crippen LogP contribution in [0.4, 0.5) is 0 Å². The van der Waals surface area contributed by atoms with E-state index in [4.69, 9.17) is 10.5 Å². The molecule has 1 aliphatic carbocycles. The number of aliphatic hydroxyl groups is 1. The van der Waals surface area contributed by atoms with Crippen molar-refractivity contribution >= 4 is 5.97 Å². The van der Waals surface area contributed by atoms with Gasteiger partial charge in [0.15, 0.2) is 6.10 Å². The van der Waals surface area contributed by atoms with E-state index < -0.39 is 12.1 Å². The minimum absolute atomic E-state index is 0.00127. The van der Waals surface area contributed by atoms with Crippen molar-refractivity contribution in [3.63, 3.8) is 0 Å². The highest BCUT2D eigenvalue weighted by atomic mass is 16.6. The number of rotatable bonds is 5. The van der Waals surface area contributed by atoms with E-state index in [1.54, 1.807) is 0 Å². The lowest BCUT2D eigenvalue weighted by Gasteiger charge is -2.28. The Bertz CT molecular complexity index is 220. The zero-order valence-electron chi connectivity index (χ0n) is 10.0. The van der Waals surface area contributed by atoms with Gasteiger partial charge in [-0.05, 0) is 38.1 Å². The fourth-order valence-corrected chi connectivity index (χ4v) is 2.24. The maximum absolute atomic E-state index is 11.5. The molecule has 0 spiro atoms.